The monoisotopic (exact) mass is 199 g/mol. The lowest BCUT2D eigenvalue weighted by Crippen LogP contribution is -2.26. The van der Waals surface area contributed by atoms with Crippen LogP contribution in [0.1, 0.15) is 6.42 Å². The minimum absolute atomic E-state index is 0.209. The molecule has 4 nitrogen and oxygen atoms in total. The molecular weight excluding hydrogens is 182 g/mol. The summed E-state index contributed by atoms with van der Waals surface area (Å²) in [4.78, 5) is 11.1. The second-order valence-electron chi connectivity index (χ2n) is 3.33. The normalized spacial score (nSPS) is 20.7. The van der Waals surface area contributed by atoms with Crippen molar-refractivity contribution < 1.29 is 14.3 Å². The molecule has 1 heterocycles. The highest BCUT2D eigenvalue weighted by atomic mass is 16.5. The molecule has 1 aliphatic rings. The maximum Gasteiger partial charge on any atom is 0.319 e. The lowest BCUT2D eigenvalue weighted by atomic mass is 10.1. The van der Waals surface area contributed by atoms with E-state index in [0.717, 1.165) is 13.0 Å². The minimum Gasteiger partial charge on any atom is -0.464 e. The van der Waals surface area contributed by atoms with E-state index in [2.05, 4.69) is 11.9 Å². The Morgan fingerprint density at radius 1 is 1.71 bits per heavy atom. The second-order valence-corrected chi connectivity index (χ2v) is 3.33. The van der Waals surface area contributed by atoms with Gasteiger partial charge in [-0.1, -0.05) is 6.08 Å². The Labute approximate surface area is 84.3 Å². The quantitative estimate of drug-likeness (QED) is 0.381. The van der Waals surface area contributed by atoms with Crippen molar-refractivity contribution in [2.24, 2.45) is 5.92 Å². The van der Waals surface area contributed by atoms with Crippen LogP contribution in [0, 0.1) is 5.92 Å². The Hall–Kier alpha value is -0.870. The molecule has 80 valence electrons. The van der Waals surface area contributed by atoms with E-state index in [0.29, 0.717) is 25.7 Å². The molecule has 4 heteroatoms. The largest absolute Gasteiger partial charge is 0.464 e. The molecule has 0 spiro atoms. The summed E-state index contributed by atoms with van der Waals surface area (Å²) in [5, 5.41) is 2.89. The van der Waals surface area contributed by atoms with Crippen molar-refractivity contribution in [3.05, 3.63) is 12.7 Å². The first-order valence-electron chi connectivity index (χ1n) is 4.88. The third kappa shape index (κ3) is 4.39. The van der Waals surface area contributed by atoms with Gasteiger partial charge >= 0.3 is 5.97 Å². The van der Waals surface area contributed by atoms with E-state index in [1.54, 1.807) is 6.08 Å². The average Bonchev–Trinajstić information content (AvgIpc) is 2.68. The van der Waals surface area contributed by atoms with Crippen LogP contribution in [0.25, 0.3) is 0 Å². The van der Waals surface area contributed by atoms with Gasteiger partial charge in [0.25, 0.3) is 0 Å². The average molecular weight is 199 g/mol. The summed E-state index contributed by atoms with van der Waals surface area (Å²) in [6.07, 6.45) is 2.70. The molecule has 0 aromatic heterocycles. The molecule has 1 saturated heterocycles. The van der Waals surface area contributed by atoms with Crippen LogP contribution in [-0.2, 0) is 14.3 Å². The molecule has 1 unspecified atom stereocenters. The van der Waals surface area contributed by atoms with Crippen LogP contribution < -0.4 is 5.32 Å². The van der Waals surface area contributed by atoms with Gasteiger partial charge in [0, 0.05) is 19.1 Å². The summed E-state index contributed by atoms with van der Waals surface area (Å²) >= 11 is 0. The number of carbonyl (C=O) groups excluding carboxylic acids is 1. The van der Waals surface area contributed by atoms with Gasteiger partial charge < -0.3 is 14.8 Å². The first-order chi connectivity index (χ1) is 6.83. The molecule has 1 N–H and O–H groups in total. The van der Waals surface area contributed by atoms with Gasteiger partial charge in [0.05, 0.1) is 19.8 Å². The third-order valence-corrected chi connectivity index (χ3v) is 2.06. The molecule has 1 aliphatic heterocycles. The highest BCUT2D eigenvalue weighted by molar-refractivity contribution is 5.71. The smallest absolute Gasteiger partial charge is 0.319 e. The number of hydrogen-bond donors (Lipinski definition) is 1. The molecule has 1 atom stereocenters. The fraction of sp³-hybridized carbons (Fsp3) is 0.700. The molecule has 0 bridgehead atoms. The van der Waals surface area contributed by atoms with E-state index in [4.69, 9.17) is 9.47 Å². The van der Waals surface area contributed by atoms with Gasteiger partial charge in [-0.05, 0) is 6.42 Å². The molecule has 1 rings (SSSR count). The predicted octanol–water partition coefficient (Wildman–Crippen LogP) is 0.342. The minimum atomic E-state index is -0.209. The van der Waals surface area contributed by atoms with Crippen LogP contribution in [0.4, 0.5) is 0 Å². The lowest BCUT2D eigenvalue weighted by Gasteiger charge is -2.08. The molecular formula is C10H17NO3. The van der Waals surface area contributed by atoms with E-state index in [1.807, 2.05) is 0 Å². The summed E-state index contributed by atoms with van der Waals surface area (Å²) in [6, 6.07) is 0. The number of nitrogens with one attached hydrogen (secondary N) is 1. The van der Waals surface area contributed by atoms with E-state index < -0.39 is 0 Å². The number of ether oxygens (including phenoxy) is 2. The number of carbonyl (C=O) groups is 1. The molecule has 0 aromatic carbocycles. The van der Waals surface area contributed by atoms with Crippen LogP contribution in [0.5, 0.6) is 0 Å². The summed E-state index contributed by atoms with van der Waals surface area (Å²) < 4.78 is 10.2. The van der Waals surface area contributed by atoms with Gasteiger partial charge in [-0.3, -0.25) is 4.79 Å². The number of rotatable bonds is 6. The zero-order valence-electron chi connectivity index (χ0n) is 8.33. The van der Waals surface area contributed by atoms with Crippen LogP contribution in [-0.4, -0.2) is 38.9 Å². The van der Waals surface area contributed by atoms with Gasteiger partial charge in [-0.15, -0.1) is 6.58 Å². The molecule has 0 aliphatic carbocycles. The molecule has 0 aromatic rings. The van der Waals surface area contributed by atoms with Crippen molar-refractivity contribution in [1.29, 1.82) is 0 Å². The fourth-order valence-corrected chi connectivity index (χ4v) is 1.25. The Kier molecular flexibility index (Phi) is 5.25. The van der Waals surface area contributed by atoms with E-state index in [9.17, 15) is 4.79 Å². The van der Waals surface area contributed by atoms with Crippen molar-refractivity contribution >= 4 is 5.97 Å². The first-order valence-corrected chi connectivity index (χ1v) is 4.88. The van der Waals surface area contributed by atoms with Crippen LogP contribution >= 0.6 is 0 Å². The van der Waals surface area contributed by atoms with Gasteiger partial charge in [0.2, 0.25) is 0 Å². The van der Waals surface area contributed by atoms with Crippen LogP contribution in [0.2, 0.25) is 0 Å². The standard InChI is InChI=1S/C10H17NO3/c1-2-4-11-6-10(12)14-8-9-3-5-13-7-9/h2,9,11H,1,3-8H2. The Balaban J connectivity index is 1.99. The van der Waals surface area contributed by atoms with E-state index >= 15 is 0 Å². The second kappa shape index (κ2) is 6.56. The maximum absolute atomic E-state index is 11.1. The van der Waals surface area contributed by atoms with Gasteiger partial charge in [0.15, 0.2) is 0 Å². The number of hydrogen-bond acceptors (Lipinski definition) is 4. The summed E-state index contributed by atoms with van der Waals surface area (Å²) in [6.45, 7) is 6.40. The van der Waals surface area contributed by atoms with Crippen molar-refractivity contribution in [1.82, 2.24) is 5.32 Å². The molecule has 0 saturated carbocycles. The summed E-state index contributed by atoms with van der Waals surface area (Å²) in [5.41, 5.74) is 0. The van der Waals surface area contributed by atoms with E-state index in [-0.39, 0.29) is 12.5 Å². The van der Waals surface area contributed by atoms with Crippen LogP contribution in [0.15, 0.2) is 12.7 Å². The molecule has 1 fully saturated rings. The molecule has 0 amide bonds. The number of esters is 1. The van der Waals surface area contributed by atoms with Crippen molar-refractivity contribution in [2.75, 3.05) is 32.9 Å². The summed E-state index contributed by atoms with van der Waals surface area (Å²) in [5.74, 6) is 0.178. The van der Waals surface area contributed by atoms with Gasteiger partial charge in [-0.2, -0.15) is 0 Å². The lowest BCUT2D eigenvalue weighted by molar-refractivity contribution is -0.143. The molecule has 0 radical (unpaired) electrons. The zero-order chi connectivity index (χ0) is 10.2. The van der Waals surface area contributed by atoms with Crippen molar-refractivity contribution in [2.45, 2.75) is 6.42 Å². The van der Waals surface area contributed by atoms with Crippen LogP contribution in [0.3, 0.4) is 0 Å². The SMILES string of the molecule is C=CCNCC(=O)OCC1CCOC1. The fourth-order valence-electron chi connectivity index (χ4n) is 1.25. The zero-order valence-corrected chi connectivity index (χ0v) is 8.33. The van der Waals surface area contributed by atoms with Crippen molar-refractivity contribution in [3.63, 3.8) is 0 Å². The summed E-state index contributed by atoms with van der Waals surface area (Å²) in [7, 11) is 0. The Bertz CT molecular complexity index is 188. The predicted molar refractivity (Wildman–Crippen MR) is 53.0 cm³/mol. The van der Waals surface area contributed by atoms with Gasteiger partial charge in [-0.25, -0.2) is 0 Å². The highest BCUT2D eigenvalue weighted by Crippen LogP contribution is 2.11. The molecule has 14 heavy (non-hydrogen) atoms. The highest BCUT2D eigenvalue weighted by Gasteiger charge is 2.17. The Morgan fingerprint density at radius 2 is 2.57 bits per heavy atom. The van der Waals surface area contributed by atoms with Crippen molar-refractivity contribution in [3.8, 4) is 0 Å². The van der Waals surface area contributed by atoms with Gasteiger partial charge in [0.1, 0.15) is 0 Å². The Morgan fingerprint density at radius 3 is 3.21 bits per heavy atom. The van der Waals surface area contributed by atoms with E-state index in [1.165, 1.54) is 0 Å². The first kappa shape index (κ1) is 11.2. The topological polar surface area (TPSA) is 47.6 Å². The maximum atomic E-state index is 11.1. The third-order valence-electron chi connectivity index (χ3n) is 2.06.